The van der Waals surface area contributed by atoms with Gasteiger partial charge in [0.1, 0.15) is 6.61 Å². The van der Waals surface area contributed by atoms with Crippen molar-refractivity contribution in [3.05, 3.63) is 95.1 Å². The van der Waals surface area contributed by atoms with Crippen LogP contribution in [0.5, 0.6) is 11.5 Å². The number of ketones is 1. The molecule has 0 amide bonds. The van der Waals surface area contributed by atoms with E-state index in [4.69, 9.17) is 14.2 Å². The number of piperidine rings is 1. The van der Waals surface area contributed by atoms with E-state index in [1.165, 1.54) is 29.5 Å². The topological polar surface area (TPSA) is 48.0 Å². The third-order valence-electron chi connectivity index (χ3n) is 10.1. The molecule has 2 saturated carbocycles. The molecule has 5 heteroatoms. The first-order valence-corrected chi connectivity index (χ1v) is 14.6. The maximum absolute atomic E-state index is 13.7. The first-order valence-electron chi connectivity index (χ1n) is 14.6. The minimum atomic E-state index is -0.511. The van der Waals surface area contributed by atoms with Gasteiger partial charge in [-0.3, -0.25) is 9.69 Å². The summed E-state index contributed by atoms with van der Waals surface area (Å²) < 4.78 is 20.3. The van der Waals surface area contributed by atoms with E-state index in [2.05, 4.69) is 53.4 Å². The second-order valence-corrected chi connectivity index (χ2v) is 12.2. The van der Waals surface area contributed by atoms with Crippen LogP contribution < -0.4 is 9.47 Å². The molecular weight excluding hydrogens is 486 g/mol. The maximum atomic E-state index is 13.7. The number of hydrogen-bond acceptors (Lipinski definition) is 5. The van der Waals surface area contributed by atoms with Crippen LogP contribution >= 0.6 is 0 Å². The van der Waals surface area contributed by atoms with E-state index in [1.54, 1.807) is 0 Å². The maximum Gasteiger partial charge on any atom is 0.174 e. The Hall–Kier alpha value is -3.15. The number of carbonyl (C=O) groups is 1. The summed E-state index contributed by atoms with van der Waals surface area (Å²) in [5, 5.41) is 0. The van der Waals surface area contributed by atoms with Gasteiger partial charge in [-0.05, 0) is 67.3 Å². The molecule has 3 fully saturated rings. The predicted octanol–water partition coefficient (Wildman–Crippen LogP) is 5.62. The quantitative estimate of drug-likeness (QED) is 0.385. The van der Waals surface area contributed by atoms with E-state index in [-0.39, 0.29) is 11.8 Å². The van der Waals surface area contributed by atoms with E-state index < -0.39 is 17.1 Å². The zero-order chi connectivity index (χ0) is 26.0. The molecule has 4 atom stereocenters. The summed E-state index contributed by atoms with van der Waals surface area (Å²) in [6.45, 7) is 3.14. The van der Waals surface area contributed by atoms with Crippen LogP contribution in [-0.4, -0.2) is 41.5 Å². The average molecular weight is 522 g/mol. The molecule has 1 unspecified atom stereocenters. The summed E-state index contributed by atoms with van der Waals surface area (Å²) in [6.07, 6.45) is 5.21. The first-order chi connectivity index (χ1) is 19.2. The highest BCUT2D eigenvalue weighted by Gasteiger charge is 2.74. The Morgan fingerprint density at radius 1 is 0.897 bits per heavy atom. The number of ether oxygens (including phenoxy) is 3. The Balaban J connectivity index is 1.24. The van der Waals surface area contributed by atoms with Crippen molar-refractivity contribution in [1.29, 1.82) is 0 Å². The van der Waals surface area contributed by atoms with Crippen LogP contribution in [0, 0.1) is 5.92 Å². The zero-order valence-electron chi connectivity index (χ0n) is 22.3. The summed E-state index contributed by atoms with van der Waals surface area (Å²) in [5.41, 5.74) is 3.84. The van der Waals surface area contributed by atoms with Gasteiger partial charge in [0.2, 0.25) is 0 Å². The van der Waals surface area contributed by atoms with Crippen molar-refractivity contribution >= 4 is 5.78 Å². The van der Waals surface area contributed by atoms with Gasteiger partial charge < -0.3 is 14.2 Å². The van der Waals surface area contributed by atoms with Crippen LogP contribution in [0.25, 0.3) is 0 Å². The van der Waals surface area contributed by atoms with Crippen LogP contribution in [0.1, 0.15) is 54.4 Å². The summed E-state index contributed by atoms with van der Waals surface area (Å²) >= 11 is 0. The fourth-order valence-electron chi connectivity index (χ4n) is 8.15. The summed E-state index contributed by atoms with van der Waals surface area (Å²) in [7, 11) is 0. The van der Waals surface area contributed by atoms with Crippen LogP contribution in [0.3, 0.4) is 0 Å². The molecule has 0 aromatic heterocycles. The molecule has 8 rings (SSSR count). The van der Waals surface area contributed by atoms with Gasteiger partial charge in [0, 0.05) is 24.6 Å². The molecule has 0 N–H and O–H groups in total. The lowest BCUT2D eigenvalue weighted by Gasteiger charge is -2.64. The molecule has 1 spiro atoms. The zero-order valence-corrected chi connectivity index (χ0v) is 22.3. The lowest BCUT2D eigenvalue weighted by molar-refractivity contribution is -0.218. The number of likely N-dealkylation sites (tertiary alicyclic amines) is 1. The van der Waals surface area contributed by atoms with E-state index >= 15 is 0 Å². The number of rotatable bonds is 8. The number of hydrogen-bond donors (Lipinski definition) is 0. The Bertz CT molecular complexity index is 1400. The molecule has 2 aliphatic heterocycles. The van der Waals surface area contributed by atoms with Gasteiger partial charge in [0.15, 0.2) is 23.4 Å². The van der Waals surface area contributed by atoms with Crippen molar-refractivity contribution in [3.63, 3.8) is 0 Å². The smallest absolute Gasteiger partial charge is 0.174 e. The van der Waals surface area contributed by atoms with Crippen molar-refractivity contribution in [3.8, 4) is 11.5 Å². The highest BCUT2D eigenvalue weighted by Crippen LogP contribution is 2.66. The monoisotopic (exact) mass is 521 g/mol. The van der Waals surface area contributed by atoms with Crippen LogP contribution in [0.15, 0.2) is 72.8 Å². The van der Waals surface area contributed by atoms with Crippen molar-refractivity contribution in [2.45, 2.75) is 74.9 Å². The largest absolute Gasteiger partial charge is 0.485 e. The molecule has 39 heavy (non-hydrogen) atoms. The molecule has 3 aromatic rings. The lowest BCUT2D eigenvalue weighted by Crippen LogP contribution is -2.77. The van der Waals surface area contributed by atoms with Crippen molar-refractivity contribution in [2.75, 3.05) is 13.1 Å². The van der Waals surface area contributed by atoms with E-state index in [0.29, 0.717) is 19.6 Å². The van der Waals surface area contributed by atoms with Gasteiger partial charge in [0.25, 0.3) is 0 Å². The average Bonchev–Trinajstić information content (AvgIpc) is 3.72. The lowest BCUT2D eigenvalue weighted by atomic mass is 9.48. The van der Waals surface area contributed by atoms with Crippen LogP contribution in [0.2, 0.25) is 0 Å². The Labute approximate surface area is 230 Å². The fourth-order valence-corrected chi connectivity index (χ4v) is 8.15. The summed E-state index contributed by atoms with van der Waals surface area (Å²) in [5.74, 6) is 2.54. The van der Waals surface area contributed by atoms with Crippen LogP contribution in [0.4, 0.5) is 0 Å². The standard InChI is InChI=1S/C34H35NO4/c36-27-15-16-34(38-22-25-9-5-2-6-10-25)29-19-26-13-14-28(37-21-24-7-3-1-4-8-24)31-30(26)33(34,32(27)39-31)17-18-35(29)20-23-11-12-23/h1-10,13-14,23,29,32H,11-12,15-22H2/t29-,32+,33+,34?/m1/s1. The summed E-state index contributed by atoms with van der Waals surface area (Å²) in [4.78, 5) is 16.4. The van der Waals surface area contributed by atoms with E-state index in [1.807, 2.05) is 24.3 Å². The number of carbonyl (C=O) groups excluding carboxylic acids is 1. The molecule has 0 radical (unpaired) electrons. The molecule has 3 aromatic carbocycles. The Morgan fingerprint density at radius 2 is 1.64 bits per heavy atom. The van der Waals surface area contributed by atoms with Gasteiger partial charge in [-0.2, -0.15) is 0 Å². The molecule has 2 heterocycles. The highest BCUT2D eigenvalue weighted by atomic mass is 16.5. The minimum absolute atomic E-state index is 0.210. The van der Waals surface area contributed by atoms with Crippen molar-refractivity contribution < 1.29 is 19.0 Å². The molecule has 5 nitrogen and oxygen atoms in total. The second kappa shape index (κ2) is 8.94. The molecule has 3 aliphatic carbocycles. The third kappa shape index (κ3) is 3.56. The molecule has 2 bridgehead atoms. The van der Waals surface area contributed by atoms with Gasteiger partial charge in [-0.15, -0.1) is 0 Å². The second-order valence-electron chi connectivity index (χ2n) is 12.2. The highest BCUT2D eigenvalue weighted by molar-refractivity contribution is 5.90. The van der Waals surface area contributed by atoms with E-state index in [9.17, 15) is 4.79 Å². The van der Waals surface area contributed by atoms with Gasteiger partial charge in [-0.1, -0.05) is 66.7 Å². The number of nitrogens with zero attached hydrogens (tertiary/aromatic N) is 1. The molecular formula is C34H35NO4. The first kappa shape index (κ1) is 23.7. The number of benzene rings is 3. The van der Waals surface area contributed by atoms with Crippen molar-refractivity contribution in [2.24, 2.45) is 5.92 Å². The van der Waals surface area contributed by atoms with Crippen LogP contribution in [-0.2, 0) is 34.6 Å². The normalized spacial score (nSPS) is 30.5. The molecule has 5 aliphatic rings. The fraction of sp³-hybridized carbons (Fsp3) is 0.441. The predicted molar refractivity (Wildman–Crippen MR) is 148 cm³/mol. The molecule has 1 saturated heterocycles. The summed E-state index contributed by atoms with van der Waals surface area (Å²) in [6, 6.07) is 25.2. The van der Waals surface area contributed by atoms with Gasteiger partial charge in [0.05, 0.1) is 17.6 Å². The Morgan fingerprint density at radius 3 is 2.38 bits per heavy atom. The number of Topliss-reactive ketones (excluding diaryl/α,β-unsaturated/α-hetero) is 1. The van der Waals surface area contributed by atoms with E-state index in [0.717, 1.165) is 55.3 Å². The Kier molecular flexibility index (Phi) is 5.43. The third-order valence-corrected chi connectivity index (χ3v) is 10.1. The molecule has 200 valence electrons. The minimum Gasteiger partial charge on any atom is -0.485 e. The van der Waals surface area contributed by atoms with Crippen molar-refractivity contribution in [1.82, 2.24) is 4.90 Å². The van der Waals surface area contributed by atoms with Gasteiger partial charge in [-0.25, -0.2) is 0 Å². The van der Waals surface area contributed by atoms with Gasteiger partial charge >= 0.3 is 0 Å². The SMILES string of the molecule is O=C1CCC2(OCc3ccccc3)[C@H]3Cc4ccc(OCc5ccccc5)c5c4[C@@]2(CCN3CC2CC2)[C@H]1O5.